The molecule has 98 valence electrons. The minimum Gasteiger partial charge on any atom is -0.328 e. The van der Waals surface area contributed by atoms with Crippen molar-refractivity contribution in [3.63, 3.8) is 0 Å². The molecule has 0 atom stereocenters. The van der Waals surface area contributed by atoms with Crippen molar-refractivity contribution in [1.82, 2.24) is 0 Å². The number of benzene rings is 1. The molecule has 1 saturated carbocycles. The lowest BCUT2D eigenvalue weighted by molar-refractivity contribution is 0.257. The number of nitrogens with two attached hydrogens (primary N) is 1. The molecule has 1 fully saturated rings. The normalized spacial score (nSPS) is 30.1. The average molecular weight is 284 g/mol. The summed E-state index contributed by atoms with van der Waals surface area (Å²) < 4.78 is 0. The molecule has 1 aromatic carbocycles. The van der Waals surface area contributed by atoms with Gasteiger partial charge in [0.25, 0.3) is 0 Å². The largest absolute Gasteiger partial charge is 0.328 e. The lowest BCUT2D eigenvalue weighted by atomic mass is 9.69. The van der Waals surface area contributed by atoms with Crippen LogP contribution in [0.4, 0.5) is 0 Å². The molecule has 0 unspecified atom stereocenters. The molecule has 1 nitrogen and oxygen atoms in total. The monoisotopic (exact) mass is 283 g/mol. The Hall–Kier alpha value is -0.500. The summed E-state index contributed by atoms with van der Waals surface area (Å²) in [6, 6.07) is 6.56. The van der Waals surface area contributed by atoms with Gasteiger partial charge in [0, 0.05) is 11.1 Å². The van der Waals surface area contributed by atoms with Crippen LogP contribution in [0.2, 0.25) is 5.02 Å². The van der Waals surface area contributed by atoms with Crippen LogP contribution in [0.3, 0.4) is 0 Å². The molecule has 0 heterocycles. The van der Waals surface area contributed by atoms with E-state index in [0.717, 1.165) is 37.1 Å². The highest BCUT2D eigenvalue weighted by molar-refractivity contribution is 6.31. The molecule has 1 spiro atoms. The van der Waals surface area contributed by atoms with Crippen molar-refractivity contribution in [3.05, 3.63) is 40.9 Å². The number of fused-ring (bicyclic) bond motifs is 1. The van der Waals surface area contributed by atoms with Crippen LogP contribution in [-0.2, 0) is 6.42 Å². The molecule has 2 aliphatic carbocycles. The summed E-state index contributed by atoms with van der Waals surface area (Å²) in [5.74, 6) is 0. The van der Waals surface area contributed by atoms with Gasteiger partial charge in [0.1, 0.15) is 0 Å². The van der Waals surface area contributed by atoms with Crippen LogP contribution in [0.1, 0.15) is 36.8 Å². The number of allylic oxidation sites excluding steroid dienone is 1. The van der Waals surface area contributed by atoms with E-state index in [-0.39, 0.29) is 17.8 Å². The number of rotatable bonds is 0. The van der Waals surface area contributed by atoms with E-state index < -0.39 is 0 Å². The van der Waals surface area contributed by atoms with Crippen molar-refractivity contribution in [1.29, 1.82) is 0 Å². The van der Waals surface area contributed by atoms with Crippen molar-refractivity contribution in [2.75, 3.05) is 0 Å². The Morgan fingerprint density at radius 1 is 1.28 bits per heavy atom. The second-order valence-electron chi connectivity index (χ2n) is 5.54. The van der Waals surface area contributed by atoms with Gasteiger partial charge in [-0.1, -0.05) is 30.3 Å². The molecule has 0 radical (unpaired) electrons. The molecule has 3 heteroatoms. The number of hydrogen-bond donors (Lipinski definition) is 1. The van der Waals surface area contributed by atoms with E-state index >= 15 is 0 Å². The van der Waals surface area contributed by atoms with Gasteiger partial charge in [-0.2, -0.15) is 0 Å². The summed E-state index contributed by atoms with van der Waals surface area (Å²) in [7, 11) is 0. The first-order chi connectivity index (χ1) is 8.12. The van der Waals surface area contributed by atoms with Gasteiger partial charge >= 0.3 is 0 Å². The van der Waals surface area contributed by atoms with Gasteiger partial charge in [0.15, 0.2) is 0 Å². The fraction of sp³-hybridized carbons (Fsp3) is 0.467. The van der Waals surface area contributed by atoms with Crippen molar-refractivity contribution < 1.29 is 0 Å². The van der Waals surface area contributed by atoms with Crippen molar-refractivity contribution >= 4 is 29.6 Å². The quantitative estimate of drug-likeness (QED) is 0.758. The smallest absolute Gasteiger partial charge is 0.0444 e. The first kappa shape index (κ1) is 13.9. The predicted molar refractivity (Wildman–Crippen MR) is 80.3 cm³/mol. The Morgan fingerprint density at radius 3 is 2.56 bits per heavy atom. The van der Waals surface area contributed by atoms with E-state index in [0.29, 0.717) is 6.04 Å². The molecule has 2 aliphatic rings. The second kappa shape index (κ2) is 4.88. The van der Waals surface area contributed by atoms with Crippen LogP contribution in [-0.4, -0.2) is 6.04 Å². The molecule has 18 heavy (non-hydrogen) atoms. The first-order valence-corrected chi connectivity index (χ1v) is 6.73. The van der Waals surface area contributed by atoms with E-state index in [2.05, 4.69) is 12.6 Å². The Balaban J connectivity index is 0.00000120. The highest BCUT2D eigenvalue weighted by atomic mass is 35.5. The number of halogens is 2. The van der Waals surface area contributed by atoms with Crippen LogP contribution >= 0.6 is 24.0 Å². The van der Waals surface area contributed by atoms with Gasteiger partial charge in [-0.15, -0.1) is 12.4 Å². The summed E-state index contributed by atoms with van der Waals surface area (Å²) in [5, 5.41) is 0.899. The van der Waals surface area contributed by atoms with E-state index in [4.69, 9.17) is 17.3 Å². The third-order valence-electron chi connectivity index (χ3n) is 4.59. The Morgan fingerprint density at radius 2 is 1.94 bits per heavy atom. The summed E-state index contributed by atoms with van der Waals surface area (Å²) in [5.41, 5.74) is 10.1. The molecule has 0 saturated heterocycles. The Labute approximate surface area is 120 Å². The number of hydrogen-bond acceptors (Lipinski definition) is 1. The Kier molecular flexibility index (Phi) is 3.77. The van der Waals surface area contributed by atoms with Gasteiger partial charge < -0.3 is 5.73 Å². The van der Waals surface area contributed by atoms with Crippen LogP contribution in [0.5, 0.6) is 0 Å². The van der Waals surface area contributed by atoms with Crippen molar-refractivity contribution in [3.8, 4) is 0 Å². The molecular formula is C15H19Cl2N. The maximum Gasteiger partial charge on any atom is 0.0444 e. The topological polar surface area (TPSA) is 26.0 Å². The van der Waals surface area contributed by atoms with E-state index in [9.17, 15) is 0 Å². The summed E-state index contributed by atoms with van der Waals surface area (Å²) in [6.07, 6.45) is 5.62. The minimum absolute atomic E-state index is 0. The molecular weight excluding hydrogens is 265 g/mol. The maximum atomic E-state index is 6.30. The molecule has 2 N–H and O–H groups in total. The summed E-state index contributed by atoms with van der Waals surface area (Å²) in [4.78, 5) is 0. The second-order valence-corrected chi connectivity index (χ2v) is 5.95. The third-order valence-corrected chi connectivity index (χ3v) is 4.94. The zero-order chi connectivity index (χ0) is 12.0. The Bertz CT molecular complexity index is 473. The first-order valence-electron chi connectivity index (χ1n) is 6.35. The minimum atomic E-state index is 0. The standard InChI is InChI=1S/C15H18ClN.ClH/c1-10-12-3-2-4-14(16)13(12)9-15(10)7-5-11(17)6-8-15;/h2-4,11H,1,5-9,17H2;1H. The van der Waals surface area contributed by atoms with Gasteiger partial charge in [-0.05, 0) is 60.3 Å². The zero-order valence-corrected chi connectivity index (χ0v) is 12.0. The molecule has 0 bridgehead atoms. The van der Waals surface area contributed by atoms with E-state index in [1.165, 1.54) is 16.7 Å². The van der Waals surface area contributed by atoms with Gasteiger partial charge in [0.2, 0.25) is 0 Å². The predicted octanol–water partition coefficient (Wildman–Crippen LogP) is 4.22. The summed E-state index contributed by atoms with van der Waals surface area (Å²) >= 11 is 6.30. The van der Waals surface area contributed by atoms with Crippen molar-refractivity contribution in [2.45, 2.75) is 38.1 Å². The lowest BCUT2D eigenvalue weighted by Gasteiger charge is -2.37. The molecule has 3 rings (SSSR count). The van der Waals surface area contributed by atoms with Crippen LogP contribution in [0, 0.1) is 5.41 Å². The van der Waals surface area contributed by atoms with Crippen LogP contribution < -0.4 is 5.73 Å². The highest BCUT2D eigenvalue weighted by Crippen LogP contribution is 2.54. The summed E-state index contributed by atoms with van der Waals surface area (Å²) in [6.45, 7) is 4.34. The van der Waals surface area contributed by atoms with E-state index in [1.807, 2.05) is 12.1 Å². The molecule has 0 aliphatic heterocycles. The van der Waals surface area contributed by atoms with Crippen LogP contribution in [0.15, 0.2) is 24.8 Å². The average Bonchev–Trinajstić information content (AvgIpc) is 2.60. The molecule has 0 amide bonds. The van der Waals surface area contributed by atoms with Crippen LogP contribution in [0.25, 0.3) is 5.57 Å². The zero-order valence-electron chi connectivity index (χ0n) is 10.4. The fourth-order valence-corrected chi connectivity index (χ4v) is 3.66. The SMILES string of the molecule is C=C1c2cccc(Cl)c2CC12CCC(N)CC2.Cl. The third kappa shape index (κ3) is 1.99. The maximum absolute atomic E-state index is 6.30. The highest BCUT2D eigenvalue weighted by Gasteiger charge is 2.43. The van der Waals surface area contributed by atoms with Gasteiger partial charge in [0.05, 0.1) is 0 Å². The van der Waals surface area contributed by atoms with Gasteiger partial charge in [-0.25, -0.2) is 0 Å². The van der Waals surface area contributed by atoms with Crippen molar-refractivity contribution in [2.24, 2.45) is 11.1 Å². The van der Waals surface area contributed by atoms with Gasteiger partial charge in [-0.3, -0.25) is 0 Å². The lowest BCUT2D eigenvalue weighted by Crippen LogP contribution is -2.33. The fourth-order valence-electron chi connectivity index (χ4n) is 3.42. The van der Waals surface area contributed by atoms with E-state index in [1.54, 1.807) is 0 Å². The molecule has 0 aromatic heterocycles. The molecule has 1 aromatic rings.